The summed E-state index contributed by atoms with van der Waals surface area (Å²) in [7, 11) is 0. The Kier molecular flexibility index (Phi) is 3.92. The van der Waals surface area contributed by atoms with Gasteiger partial charge in [-0.2, -0.15) is 0 Å². The van der Waals surface area contributed by atoms with Crippen molar-refractivity contribution < 1.29 is 9.90 Å². The lowest BCUT2D eigenvalue weighted by atomic mass is 9.57. The molecule has 4 aliphatic rings. The second-order valence-corrected chi connectivity index (χ2v) is 10.2. The van der Waals surface area contributed by atoms with Gasteiger partial charge < -0.3 is 5.11 Å². The Balaban J connectivity index is 1.17. The highest BCUT2D eigenvalue weighted by atomic mass is 35.5. The number of hydrogen-bond donors (Lipinski definition) is 1. The summed E-state index contributed by atoms with van der Waals surface area (Å²) in [6.45, 7) is 2.14. The van der Waals surface area contributed by atoms with Gasteiger partial charge >= 0.3 is 5.97 Å². The van der Waals surface area contributed by atoms with E-state index < -0.39 is 5.97 Å². The fraction of sp³-hybridized carbons (Fsp3) is 0.480. The van der Waals surface area contributed by atoms with Gasteiger partial charge in [0.2, 0.25) is 0 Å². The number of carbonyl (C=O) groups is 1. The molecule has 0 bridgehead atoms. The van der Waals surface area contributed by atoms with E-state index in [1.807, 2.05) is 0 Å². The largest absolute Gasteiger partial charge is 0.481 e. The first-order valence-corrected chi connectivity index (χ1v) is 11.3. The highest BCUT2D eigenvalue weighted by Gasteiger charge is 2.56. The third-order valence-corrected chi connectivity index (χ3v) is 8.09. The van der Waals surface area contributed by atoms with Crippen LogP contribution in [-0.4, -0.2) is 29.1 Å². The molecule has 150 valence electrons. The molecule has 0 radical (unpaired) electrons. The van der Waals surface area contributed by atoms with Crippen molar-refractivity contribution in [1.82, 2.24) is 4.90 Å². The average Bonchev–Trinajstić information content (AvgIpc) is 3.39. The van der Waals surface area contributed by atoms with Crippen LogP contribution in [0.4, 0.5) is 0 Å². The summed E-state index contributed by atoms with van der Waals surface area (Å²) in [5.41, 5.74) is 7.02. The first-order chi connectivity index (χ1) is 14.0. The molecule has 6 rings (SSSR count). The lowest BCUT2D eigenvalue weighted by molar-refractivity contribution is -0.164. The van der Waals surface area contributed by atoms with Gasteiger partial charge in [-0.1, -0.05) is 41.9 Å². The highest BCUT2D eigenvalue weighted by molar-refractivity contribution is 6.31. The molecule has 0 amide bonds. The second-order valence-electron chi connectivity index (χ2n) is 9.83. The maximum absolute atomic E-state index is 11.1. The quantitative estimate of drug-likeness (QED) is 0.709. The Morgan fingerprint density at radius 2 is 1.69 bits per heavy atom. The zero-order valence-electron chi connectivity index (χ0n) is 16.5. The Hall–Kier alpha value is -1.84. The van der Waals surface area contributed by atoms with Gasteiger partial charge in [-0.25, -0.2) is 0 Å². The summed E-state index contributed by atoms with van der Waals surface area (Å²) in [6, 6.07) is 14.0. The molecule has 1 spiro atoms. The standard InChI is InChI=1S/C25H26ClNO2/c26-22-10-17(3-6-20(22)15-1-2-15)16-4-7-21-18(9-16)5-8-23(21)27-13-25(14-27)11-19(12-25)24(28)29/h3-4,6-7,9-10,15,19,23H,1-2,5,8,11-14H2,(H,28,29). The highest BCUT2D eigenvalue weighted by Crippen LogP contribution is 2.55. The molecule has 1 heterocycles. The number of halogens is 1. The number of nitrogens with zero attached hydrogens (tertiary/aromatic N) is 1. The van der Waals surface area contributed by atoms with Crippen LogP contribution in [0.5, 0.6) is 0 Å². The summed E-state index contributed by atoms with van der Waals surface area (Å²) in [6.07, 6.45) is 6.59. The minimum absolute atomic E-state index is 0.103. The molecular formula is C25H26ClNO2. The zero-order chi connectivity index (χ0) is 19.8. The van der Waals surface area contributed by atoms with Gasteiger partial charge in [0.05, 0.1) is 5.92 Å². The zero-order valence-corrected chi connectivity index (χ0v) is 17.3. The lowest BCUT2D eigenvalue weighted by Crippen LogP contribution is -2.63. The van der Waals surface area contributed by atoms with Crippen molar-refractivity contribution in [3.05, 3.63) is 58.1 Å². The van der Waals surface area contributed by atoms with Gasteiger partial charge in [0.25, 0.3) is 0 Å². The van der Waals surface area contributed by atoms with E-state index in [1.165, 1.54) is 47.1 Å². The molecule has 1 N–H and O–H groups in total. The topological polar surface area (TPSA) is 40.5 Å². The molecule has 3 aliphatic carbocycles. The lowest BCUT2D eigenvalue weighted by Gasteiger charge is -2.60. The Bertz CT molecular complexity index is 998. The Morgan fingerprint density at radius 3 is 2.34 bits per heavy atom. The monoisotopic (exact) mass is 407 g/mol. The third kappa shape index (κ3) is 2.93. The number of likely N-dealkylation sites (tertiary alicyclic amines) is 1. The minimum Gasteiger partial charge on any atom is -0.481 e. The van der Waals surface area contributed by atoms with E-state index in [-0.39, 0.29) is 5.92 Å². The van der Waals surface area contributed by atoms with Crippen LogP contribution in [0.25, 0.3) is 11.1 Å². The van der Waals surface area contributed by atoms with Crippen LogP contribution in [0.15, 0.2) is 36.4 Å². The molecule has 2 aromatic carbocycles. The van der Waals surface area contributed by atoms with Crippen molar-refractivity contribution in [2.24, 2.45) is 11.3 Å². The van der Waals surface area contributed by atoms with E-state index in [0.29, 0.717) is 17.4 Å². The second kappa shape index (κ2) is 6.33. The van der Waals surface area contributed by atoms with Crippen molar-refractivity contribution in [1.29, 1.82) is 0 Å². The van der Waals surface area contributed by atoms with Crippen LogP contribution in [0.2, 0.25) is 5.02 Å². The molecule has 3 nitrogen and oxygen atoms in total. The average molecular weight is 408 g/mol. The molecule has 3 fully saturated rings. The van der Waals surface area contributed by atoms with E-state index in [9.17, 15) is 4.79 Å². The Labute approximate surface area is 176 Å². The number of aryl methyl sites for hydroxylation is 1. The number of carboxylic acid groups (broad SMARTS) is 1. The summed E-state index contributed by atoms with van der Waals surface area (Å²) in [4.78, 5) is 13.7. The molecular weight excluding hydrogens is 382 g/mol. The predicted octanol–water partition coefficient (Wildman–Crippen LogP) is 5.67. The van der Waals surface area contributed by atoms with Crippen molar-refractivity contribution in [2.45, 2.75) is 50.5 Å². The fourth-order valence-corrected chi connectivity index (χ4v) is 6.37. The van der Waals surface area contributed by atoms with Gasteiger partial charge in [0, 0.05) is 24.2 Å². The molecule has 1 aliphatic heterocycles. The fourth-order valence-electron chi connectivity index (χ4n) is 6.04. The maximum atomic E-state index is 11.1. The van der Waals surface area contributed by atoms with Gasteiger partial charge in [0.15, 0.2) is 0 Å². The summed E-state index contributed by atoms with van der Waals surface area (Å²) in [5.74, 6) is -0.0367. The van der Waals surface area contributed by atoms with Gasteiger partial charge in [-0.15, -0.1) is 0 Å². The van der Waals surface area contributed by atoms with Crippen LogP contribution in [-0.2, 0) is 11.2 Å². The van der Waals surface area contributed by atoms with E-state index in [4.69, 9.17) is 16.7 Å². The number of aliphatic carboxylic acids is 1. The van der Waals surface area contributed by atoms with Crippen LogP contribution in [0.3, 0.4) is 0 Å². The van der Waals surface area contributed by atoms with Crippen LogP contribution >= 0.6 is 11.6 Å². The van der Waals surface area contributed by atoms with Crippen molar-refractivity contribution in [3.8, 4) is 11.1 Å². The summed E-state index contributed by atoms with van der Waals surface area (Å²) < 4.78 is 0. The third-order valence-electron chi connectivity index (χ3n) is 7.77. The Morgan fingerprint density at radius 1 is 1.00 bits per heavy atom. The van der Waals surface area contributed by atoms with Crippen LogP contribution in [0.1, 0.15) is 60.8 Å². The van der Waals surface area contributed by atoms with Crippen molar-refractivity contribution in [3.63, 3.8) is 0 Å². The van der Waals surface area contributed by atoms with Crippen molar-refractivity contribution >= 4 is 17.6 Å². The van der Waals surface area contributed by atoms with E-state index >= 15 is 0 Å². The molecule has 2 aromatic rings. The molecule has 0 aromatic heterocycles. The predicted molar refractivity (Wildman–Crippen MR) is 114 cm³/mol. The van der Waals surface area contributed by atoms with Crippen molar-refractivity contribution in [2.75, 3.05) is 13.1 Å². The van der Waals surface area contributed by atoms with Crippen LogP contribution < -0.4 is 0 Å². The first-order valence-electron chi connectivity index (χ1n) is 10.9. The van der Waals surface area contributed by atoms with E-state index in [1.54, 1.807) is 0 Å². The van der Waals surface area contributed by atoms with Crippen LogP contribution in [0, 0.1) is 11.3 Å². The molecule has 4 heteroatoms. The molecule has 1 saturated heterocycles. The summed E-state index contributed by atoms with van der Waals surface area (Å²) in [5, 5.41) is 10.1. The van der Waals surface area contributed by atoms with Gasteiger partial charge in [-0.3, -0.25) is 9.69 Å². The molecule has 29 heavy (non-hydrogen) atoms. The maximum Gasteiger partial charge on any atom is 0.306 e. The number of benzene rings is 2. The smallest absolute Gasteiger partial charge is 0.306 e. The number of hydrogen-bond acceptors (Lipinski definition) is 2. The first kappa shape index (κ1) is 18.0. The van der Waals surface area contributed by atoms with Gasteiger partial charge in [0.1, 0.15) is 0 Å². The molecule has 1 atom stereocenters. The van der Waals surface area contributed by atoms with E-state index in [2.05, 4.69) is 41.3 Å². The van der Waals surface area contributed by atoms with Gasteiger partial charge in [-0.05, 0) is 83.7 Å². The minimum atomic E-state index is -0.613. The number of rotatable bonds is 4. The molecule has 2 saturated carbocycles. The van der Waals surface area contributed by atoms with E-state index in [0.717, 1.165) is 37.4 Å². The number of carboxylic acids is 1. The molecule has 1 unspecified atom stereocenters. The SMILES string of the molecule is O=C(O)C1CC2(C1)CN(C1CCc3cc(-c4ccc(C5CC5)c(Cl)c4)ccc31)C2. The summed E-state index contributed by atoms with van der Waals surface area (Å²) >= 11 is 6.56. The normalized spacial score (nSPS) is 25.5. The number of fused-ring (bicyclic) bond motifs is 1.